The Morgan fingerprint density at radius 2 is 2.00 bits per heavy atom. The van der Waals surface area contributed by atoms with Gasteiger partial charge in [-0.25, -0.2) is 0 Å². The van der Waals surface area contributed by atoms with E-state index < -0.39 is 0 Å². The van der Waals surface area contributed by atoms with Crippen molar-refractivity contribution >= 4 is 17.6 Å². The third-order valence-corrected chi connectivity index (χ3v) is 4.23. The second-order valence-corrected chi connectivity index (χ2v) is 6.17. The second-order valence-electron chi connectivity index (χ2n) is 6.17. The van der Waals surface area contributed by atoms with E-state index in [1.165, 1.54) is 7.11 Å². The SMILES string of the molecule is COC(=O)CCCOc1ccc(NC(=O)C2CCCC(N)C2)cc1. The Morgan fingerprint density at radius 1 is 1.25 bits per heavy atom. The predicted molar refractivity (Wildman–Crippen MR) is 91.8 cm³/mol. The van der Waals surface area contributed by atoms with E-state index in [1.807, 2.05) is 12.1 Å². The normalized spacial score (nSPS) is 20.2. The van der Waals surface area contributed by atoms with Crippen LogP contribution < -0.4 is 15.8 Å². The molecule has 1 amide bonds. The molecule has 0 bridgehead atoms. The summed E-state index contributed by atoms with van der Waals surface area (Å²) in [6, 6.07) is 7.38. The summed E-state index contributed by atoms with van der Waals surface area (Å²) in [5, 5.41) is 2.94. The summed E-state index contributed by atoms with van der Waals surface area (Å²) in [5.41, 5.74) is 6.69. The molecule has 0 saturated heterocycles. The number of hydrogen-bond acceptors (Lipinski definition) is 5. The number of nitrogens with two attached hydrogens (primary N) is 1. The van der Waals surface area contributed by atoms with Gasteiger partial charge in [0.1, 0.15) is 5.75 Å². The van der Waals surface area contributed by atoms with Crippen LogP contribution in [0.25, 0.3) is 0 Å². The van der Waals surface area contributed by atoms with Gasteiger partial charge in [-0.05, 0) is 49.9 Å². The van der Waals surface area contributed by atoms with E-state index in [4.69, 9.17) is 10.5 Å². The number of carbonyl (C=O) groups excluding carboxylic acids is 2. The Morgan fingerprint density at radius 3 is 2.67 bits per heavy atom. The molecule has 6 nitrogen and oxygen atoms in total. The Hall–Kier alpha value is -2.08. The quantitative estimate of drug-likeness (QED) is 0.590. The first-order valence-corrected chi connectivity index (χ1v) is 8.44. The summed E-state index contributed by atoms with van der Waals surface area (Å²) < 4.78 is 10.1. The van der Waals surface area contributed by atoms with E-state index >= 15 is 0 Å². The molecule has 24 heavy (non-hydrogen) atoms. The van der Waals surface area contributed by atoms with Gasteiger partial charge in [-0.1, -0.05) is 6.42 Å². The summed E-state index contributed by atoms with van der Waals surface area (Å²) in [6.45, 7) is 0.445. The number of anilines is 1. The summed E-state index contributed by atoms with van der Waals surface area (Å²) in [5.74, 6) is 0.511. The number of rotatable bonds is 7. The van der Waals surface area contributed by atoms with Gasteiger partial charge in [-0.3, -0.25) is 9.59 Å². The van der Waals surface area contributed by atoms with Crippen molar-refractivity contribution in [3.8, 4) is 5.75 Å². The molecule has 2 unspecified atom stereocenters. The fraction of sp³-hybridized carbons (Fsp3) is 0.556. The van der Waals surface area contributed by atoms with Crippen molar-refractivity contribution in [1.29, 1.82) is 0 Å². The van der Waals surface area contributed by atoms with Crippen LogP contribution >= 0.6 is 0 Å². The van der Waals surface area contributed by atoms with Crippen LogP contribution in [0.2, 0.25) is 0 Å². The minimum atomic E-state index is -0.237. The summed E-state index contributed by atoms with van der Waals surface area (Å²) in [6.07, 6.45) is 4.62. The highest BCUT2D eigenvalue weighted by Crippen LogP contribution is 2.25. The van der Waals surface area contributed by atoms with Crippen LogP contribution in [0.3, 0.4) is 0 Å². The maximum atomic E-state index is 12.3. The Balaban J connectivity index is 1.75. The molecule has 0 radical (unpaired) electrons. The number of amides is 1. The number of methoxy groups -OCH3 is 1. The van der Waals surface area contributed by atoms with Gasteiger partial charge in [-0.15, -0.1) is 0 Å². The molecule has 2 atom stereocenters. The molecule has 1 aromatic rings. The van der Waals surface area contributed by atoms with E-state index in [0.29, 0.717) is 25.2 Å². The van der Waals surface area contributed by atoms with Gasteiger partial charge in [0, 0.05) is 24.1 Å². The highest BCUT2D eigenvalue weighted by atomic mass is 16.5. The van der Waals surface area contributed by atoms with Crippen molar-refractivity contribution in [1.82, 2.24) is 0 Å². The minimum absolute atomic E-state index is 0.00278. The molecule has 1 aliphatic carbocycles. The van der Waals surface area contributed by atoms with Gasteiger partial charge in [0.2, 0.25) is 5.91 Å². The third kappa shape index (κ3) is 5.85. The lowest BCUT2D eigenvalue weighted by Crippen LogP contribution is -2.34. The first-order chi connectivity index (χ1) is 11.6. The third-order valence-electron chi connectivity index (χ3n) is 4.23. The Labute approximate surface area is 142 Å². The van der Waals surface area contributed by atoms with Crippen molar-refractivity contribution < 1.29 is 19.1 Å². The fourth-order valence-corrected chi connectivity index (χ4v) is 2.85. The molecule has 3 N–H and O–H groups in total. The summed E-state index contributed by atoms with van der Waals surface area (Å²) >= 11 is 0. The van der Waals surface area contributed by atoms with E-state index in [1.54, 1.807) is 12.1 Å². The maximum absolute atomic E-state index is 12.3. The molecule has 0 spiro atoms. The second kappa shape index (κ2) is 9.27. The van der Waals surface area contributed by atoms with Gasteiger partial charge in [0.05, 0.1) is 13.7 Å². The topological polar surface area (TPSA) is 90.6 Å². The van der Waals surface area contributed by atoms with Gasteiger partial charge >= 0.3 is 5.97 Å². The number of hydrogen-bond donors (Lipinski definition) is 2. The molecule has 6 heteroatoms. The van der Waals surface area contributed by atoms with Crippen LogP contribution in [0.4, 0.5) is 5.69 Å². The number of nitrogens with one attached hydrogen (secondary N) is 1. The number of esters is 1. The van der Waals surface area contributed by atoms with Crippen LogP contribution in [0.15, 0.2) is 24.3 Å². The first kappa shape index (κ1) is 18.3. The molecule has 2 rings (SSSR count). The highest BCUT2D eigenvalue weighted by Gasteiger charge is 2.25. The van der Waals surface area contributed by atoms with Crippen LogP contribution in [0.5, 0.6) is 5.75 Å². The lowest BCUT2D eigenvalue weighted by atomic mass is 9.85. The summed E-state index contributed by atoms with van der Waals surface area (Å²) in [4.78, 5) is 23.3. The maximum Gasteiger partial charge on any atom is 0.305 e. The Kier molecular flexibility index (Phi) is 7.06. The van der Waals surface area contributed by atoms with Crippen LogP contribution in [0.1, 0.15) is 38.5 Å². The van der Waals surface area contributed by atoms with Crippen molar-refractivity contribution in [2.45, 2.75) is 44.6 Å². The zero-order valence-electron chi connectivity index (χ0n) is 14.1. The average Bonchev–Trinajstić information content (AvgIpc) is 2.59. The zero-order valence-corrected chi connectivity index (χ0v) is 14.1. The average molecular weight is 334 g/mol. The molecule has 1 aromatic carbocycles. The van der Waals surface area contributed by atoms with Gasteiger partial charge < -0.3 is 20.5 Å². The molecule has 0 heterocycles. The van der Waals surface area contributed by atoms with Crippen molar-refractivity contribution in [3.05, 3.63) is 24.3 Å². The fourth-order valence-electron chi connectivity index (χ4n) is 2.85. The van der Waals surface area contributed by atoms with Crippen molar-refractivity contribution in [2.24, 2.45) is 11.7 Å². The molecular weight excluding hydrogens is 308 g/mol. The number of carbonyl (C=O) groups is 2. The highest BCUT2D eigenvalue weighted by molar-refractivity contribution is 5.92. The summed E-state index contributed by atoms with van der Waals surface area (Å²) in [7, 11) is 1.37. The van der Waals surface area contributed by atoms with Gasteiger partial charge in [0.25, 0.3) is 0 Å². The van der Waals surface area contributed by atoms with Crippen LogP contribution in [-0.4, -0.2) is 31.6 Å². The monoisotopic (exact) mass is 334 g/mol. The predicted octanol–water partition coefficient (Wildman–Crippen LogP) is 2.47. The van der Waals surface area contributed by atoms with Crippen LogP contribution in [0, 0.1) is 5.92 Å². The minimum Gasteiger partial charge on any atom is -0.494 e. The van der Waals surface area contributed by atoms with E-state index in [0.717, 1.165) is 31.4 Å². The molecule has 1 saturated carbocycles. The van der Waals surface area contributed by atoms with E-state index in [-0.39, 0.29) is 23.8 Å². The van der Waals surface area contributed by atoms with Crippen molar-refractivity contribution in [3.63, 3.8) is 0 Å². The standard InChI is InChI=1S/C18H26N2O4/c1-23-17(21)6-3-11-24-16-9-7-15(8-10-16)20-18(22)13-4-2-5-14(19)12-13/h7-10,13-14H,2-6,11-12,19H2,1H3,(H,20,22). The van der Waals surface area contributed by atoms with E-state index in [9.17, 15) is 9.59 Å². The van der Waals surface area contributed by atoms with Gasteiger partial charge in [0.15, 0.2) is 0 Å². The van der Waals surface area contributed by atoms with Gasteiger partial charge in [-0.2, -0.15) is 0 Å². The molecule has 1 aliphatic rings. The zero-order chi connectivity index (χ0) is 17.4. The van der Waals surface area contributed by atoms with Crippen LogP contribution in [-0.2, 0) is 14.3 Å². The number of benzene rings is 1. The molecule has 0 aliphatic heterocycles. The van der Waals surface area contributed by atoms with Crippen molar-refractivity contribution in [2.75, 3.05) is 19.0 Å². The van der Waals surface area contributed by atoms with E-state index in [2.05, 4.69) is 10.1 Å². The lowest BCUT2D eigenvalue weighted by molar-refractivity contribution is -0.140. The first-order valence-electron chi connectivity index (χ1n) is 8.44. The number of ether oxygens (including phenoxy) is 2. The molecular formula is C18H26N2O4. The molecule has 132 valence electrons. The molecule has 1 fully saturated rings. The smallest absolute Gasteiger partial charge is 0.305 e. The molecule has 0 aromatic heterocycles. The largest absolute Gasteiger partial charge is 0.494 e. The Bertz CT molecular complexity index is 544. The lowest BCUT2D eigenvalue weighted by Gasteiger charge is -2.25.